The fourth-order valence-electron chi connectivity index (χ4n) is 3.47. The Balaban J connectivity index is 1.35. The molecule has 0 saturated heterocycles. The summed E-state index contributed by atoms with van der Waals surface area (Å²) < 4.78 is 45.9. The molecule has 0 fully saturated rings. The van der Waals surface area contributed by atoms with Gasteiger partial charge in [0.25, 0.3) is 0 Å². The van der Waals surface area contributed by atoms with Crippen molar-refractivity contribution < 1.29 is 17.9 Å². The third kappa shape index (κ3) is 6.32. The summed E-state index contributed by atoms with van der Waals surface area (Å²) in [6.45, 7) is 4.98. The fraction of sp³-hybridized carbons (Fsp3) is 0.231. The second-order valence-corrected chi connectivity index (χ2v) is 8.04. The highest BCUT2D eigenvalue weighted by Crippen LogP contribution is 2.29. The highest BCUT2D eigenvalue weighted by Gasteiger charge is 2.32. The first-order chi connectivity index (χ1) is 16.8. The van der Waals surface area contributed by atoms with Crippen LogP contribution in [0.5, 0.6) is 5.75 Å². The van der Waals surface area contributed by atoms with Crippen molar-refractivity contribution >= 4 is 6.08 Å². The molecule has 0 aliphatic heterocycles. The van der Waals surface area contributed by atoms with Crippen LogP contribution in [0.4, 0.5) is 13.2 Å². The van der Waals surface area contributed by atoms with Crippen molar-refractivity contribution in [1.82, 2.24) is 25.0 Å². The van der Waals surface area contributed by atoms with E-state index >= 15 is 0 Å². The minimum Gasteiger partial charge on any atom is -0.489 e. The van der Waals surface area contributed by atoms with Crippen LogP contribution in [0, 0.1) is 13.8 Å². The molecule has 1 aromatic carbocycles. The van der Waals surface area contributed by atoms with E-state index in [1.54, 1.807) is 16.9 Å². The van der Waals surface area contributed by atoms with Gasteiger partial charge in [-0.1, -0.05) is 29.5 Å². The molecule has 3 aromatic heterocycles. The number of aromatic nitrogens is 5. The zero-order chi connectivity index (χ0) is 24.8. The molecule has 0 amide bonds. The number of alkyl halides is 3. The van der Waals surface area contributed by atoms with Crippen molar-refractivity contribution in [2.75, 3.05) is 0 Å². The molecule has 0 bridgehead atoms. The lowest BCUT2D eigenvalue weighted by molar-refractivity contribution is -0.141. The average Bonchev–Trinajstić information content (AvgIpc) is 3.35. The number of pyridine rings is 2. The predicted molar refractivity (Wildman–Crippen MR) is 126 cm³/mol. The number of halogens is 3. The van der Waals surface area contributed by atoms with Gasteiger partial charge in [-0.15, -0.1) is 5.10 Å². The van der Waals surface area contributed by atoms with Crippen molar-refractivity contribution in [3.63, 3.8) is 0 Å². The molecule has 180 valence electrons. The van der Waals surface area contributed by atoms with Gasteiger partial charge in [-0.05, 0) is 61.7 Å². The SMILES string of the molecule is Cc1cc(OCc2ccc(-c3ccc(C(F)(F)F)nc3)nc2C)ccc1C=CCCn1ccnn1. The Morgan fingerprint density at radius 1 is 1.06 bits per heavy atom. The van der Waals surface area contributed by atoms with E-state index in [1.165, 1.54) is 12.3 Å². The molecular formula is C26H24F3N5O. The maximum atomic E-state index is 12.7. The fourth-order valence-corrected chi connectivity index (χ4v) is 3.47. The van der Waals surface area contributed by atoms with E-state index in [4.69, 9.17) is 4.74 Å². The summed E-state index contributed by atoms with van der Waals surface area (Å²) >= 11 is 0. The summed E-state index contributed by atoms with van der Waals surface area (Å²) in [5.74, 6) is 0.748. The number of rotatable bonds is 8. The second-order valence-electron chi connectivity index (χ2n) is 8.04. The van der Waals surface area contributed by atoms with Crippen LogP contribution in [0.15, 0.2) is 67.1 Å². The molecule has 0 atom stereocenters. The van der Waals surface area contributed by atoms with Crippen LogP contribution in [-0.4, -0.2) is 25.0 Å². The monoisotopic (exact) mass is 479 g/mol. The van der Waals surface area contributed by atoms with Crippen LogP contribution in [0.3, 0.4) is 0 Å². The number of hydrogen-bond acceptors (Lipinski definition) is 5. The van der Waals surface area contributed by atoms with Crippen LogP contribution < -0.4 is 4.74 Å². The van der Waals surface area contributed by atoms with E-state index in [-0.39, 0.29) is 0 Å². The summed E-state index contributed by atoms with van der Waals surface area (Å²) in [7, 11) is 0. The zero-order valence-corrected chi connectivity index (χ0v) is 19.3. The number of allylic oxidation sites excluding steroid dienone is 1. The van der Waals surface area contributed by atoms with Crippen LogP contribution in [0.1, 0.15) is 34.5 Å². The molecule has 0 aliphatic carbocycles. The molecular weight excluding hydrogens is 455 g/mol. The second kappa shape index (κ2) is 10.5. The molecule has 0 spiro atoms. The molecule has 0 N–H and O–H groups in total. The van der Waals surface area contributed by atoms with Gasteiger partial charge in [0.2, 0.25) is 0 Å². The van der Waals surface area contributed by atoms with Crippen molar-refractivity contribution in [3.8, 4) is 17.0 Å². The standard InChI is InChI=1S/C26H24F3N5O/c1-18-15-23(9-6-20(18)5-3-4-13-34-14-12-31-33-34)35-17-22-7-10-24(32-19(22)2)21-8-11-25(30-16-21)26(27,28)29/h3,5-12,14-16H,4,13,17H2,1-2H3. The molecule has 6 nitrogen and oxygen atoms in total. The molecule has 0 aliphatic rings. The Kier molecular flexibility index (Phi) is 7.24. The maximum absolute atomic E-state index is 12.7. The lowest BCUT2D eigenvalue weighted by Gasteiger charge is -2.12. The molecule has 4 rings (SSSR count). The van der Waals surface area contributed by atoms with Crippen molar-refractivity contribution in [2.24, 2.45) is 0 Å². The summed E-state index contributed by atoms with van der Waals surface area (Å²) in [5.41, 5.74) is 4.00. The van der Waals surface area contributed by atoms with E-state index in [0.717, 1.165) is 47.2 Å². The van der Waals surface area contributed by atoms with Crippen molar-refractivity contribution in [2.45, 2.75) is 39.6 Å². The van der Waals surface area contributed by atoms with E-state index in [0.29, 0.717) is 17.9 Å². The first kappa shape index (κ1) is 24.1. The minimum atomic E-state index is -4.46. The Hall–Kier alpha value is -4.01. The topological polar surface area (TPSA) is 65.7 Å². The van der Waals surface area contributed by atoms with E-state index < -0.39 is 11.9 Å². The van der Waals surface area contributed by atoms with Gasteiger partial charge in [0.05, 0.1) is 11.9 Å². The van der Waals surface area contributed by atoms with Gasteiger partial charge in [0.15, 0.2) is 0 Å². The van der Waals surface area contributed by atoms with Crippen molar-refractivity contribution in [1.29, 1.82) is 0 Å². The molecule has 0 saturated carbocycles. The third-order valence-electron chi connectivity index (χ3n) is 5.47. The highest BCUT2D eigenvalue weighted by atomic mass is 19.4. The first-order valence-electron chi connectivity index (χ1n) is 11.0. The number of nitrogens with zero attached hydrogens (tertiary/aromatic N) is 5. The number of ether oxygens (including phenoxy) is 1. The predicted octanol–water partition coefficient (Wildman–Crippen LogP) is 6.05. The lowest BCUT2D eigenvalue weighted by atomic mass is 10.1. The summed E-state index contributed by atoms with van der Waals surface area (Å²) in [6, 6.07) is 11.9. The number of aryl methyl sites for hydroxylation is 3. The minimum absolute atomic E-state index is 0.330. The summed E-state index contributed by atoms with van der Waals surface area (Å²) in [5, 5.41) is 7.73. The maximum Gasteiger partial charge on any atom is 0.433 e. The van der Waals surface area contributed by atoms with E-state index in [2.05, 4.69) is 32.4 Å². The quantitative estimate of drug-likeness (QED) is 0.308. The number of hydrogen-bond donors (Lipinski definition) is 0. The Labute approximate surface area is 201 Å². The Morgan fingerprint density at radius 3 is 2.57 bits per heavy atom. The van der Waals surface area contributed by atoms with Gasteiger partial charge in [-0.2, -0.15) is 13.2 Å². The van der Waals surface area contributed by atoms with Crippen LogP contribution >= 0.6 is 0 Å². The normalized spacial score (nSPS) is 11.8. The van der Waals surface area contributed by atoms with Gasteiger partial charge < -0.3 is 4.74 Å². The van der Waals surface area contributed by atoms with Gasteiger partial charge in [0.1, 0.15) is 18.1 Å². The van der Waals surface area contributed by atoms with Gasteiger partial charge in [-0.3, -0.25) is 14.6 Å². The highest BCUT2D eigenvalue weighted by molar-refractivity contribution is 5.59. The van der Waals surface area contributed by atoms with Crippen LogP contribution in [0.2, 0.25) is 0 Å². The van der Waals surface area contributed by atoms with Crippen LogP contribution in [0.25, 0.3) is 17.3 Å². The number of benzene rings is 1. The smallest absolute Gasteiger partial charge is 0.433 e. The van der Waals surface area contributed by atoms with Gasteiger partial charge >= 0.3 is 6.18 Å². The average molecular weight is 480 g/mol. The van der Waals surface area contributed by atoms with Crippen LogP contribution in [-0.2, 0) is 19.3 Å². The first-order valence-corrected chi connectivity index (χ1v) is 11.0. The van der Waals surface area contributed by atoms with E-state index in [9.17, 15) is 13.2 Å². The summed E-state index contributed by atoms with van der Waals surface area (Å²) in [6.07, 6.45) is 5.26. The lowest BCUT2D eigenvalue weighted by Crippen LogP contribution is -2.07. The third-order valence-corrected chi connectivity index (χ3v) is 5.47. The molecule has 35 heavy (non-hydrogen) atoms. The Bertz CT molecular complexity index is 1300. The van der Waals surface area contributed by atoms with Crippen molar-refractivity contribution in [3.05, 3.63) is 95.2 Å². The van der Waals surface area contributed by atoms with E-state index in [1.807, 2.05) is 44.3 Å². The molecule has 0 radical (unpaired) electrons. The van der Waals surface area contributed by atoms with Gasteiger partial charge in [0, 0.05) is 35.8 Å². The summed E-state index contributed by atoms with van der Waals surface area (Å²) in [4.78, 5) is 8.02. The molecule has 3 heterocycles. The molecule has 9 heteroatoms. The Morgan fingerprint density at radius 2 is 1.91 bits per heavy atom. The largest absolute Gasteiger partial charge is 0.489 e. The molecule has 0 unspecified atom stereocenters. The molecule has 4 aromatic rings. The van der Waals surface area contributed by atoms with Gasteiger partial charge in [-0.25, -0.2) is 0 Å². The zero-order valence-electron chi connectivity index (χ0n) is 19.3.